The van der Waals surface area contributed by atoms with Crippen molar-refractivity contribution in [1.29, 1.82) is 0 Å². The van der Waals surface area contributed by atoms with Crippen molar-refractivity contribution in [2.75, 3.05) is 19.0 Å². The second kappa shape index (κ2) is 6.24. The normalized spacial score (nSPS) is 23.4. The molecule has 1 fully saturated rings. The highest BCUT2D eigenvalue weighted by Crippen LogP contribution is 2.20. The van der Waals surface area contributed by atoms with Gasteiger partial charge in [-0.3, -0.25) is 0 Å². The molecule has 2 N–H and O–H groups in total. The number of nitrogens with zero attached hydrogens (tertiary/aromatic N) is 1. The molecule has 1 aliphatic rings. The maximum absolute atomic E-state index is 12.2. The number of carbonyl (C=O) groups excluding carboxylic acids is 1. The topological polar surface area (TPSA) is 61.8 Å². The summed E-state index contributed by atoms with van der Waals surface area (Å²) in [4.78, 5) is 13.9. The summed E-state index contributed by atoms with van der Waals surface area (Å²) in [6.45, 7) is 4.38. The predicted molar refractivity (Wildman–Crippen MR) is 77.7 cm³/mol. The molecular formula is C15H22N2O3. The maximum Gasteiger partial charge on any atom is 0.321 e. The number of amides is 2. The molecule has 5 heteroatoms. The fourth-order valence-electron chi connectivity index (χ4n) is 2.47. The van der Waals surface area contributed by atoms with E-state index in [0.717, 1.165) is 12.0 Å². The molecule has 1 aromatic rings. The largest absolute Gasteiger partial charge is 0.389 e. The van der Waals surface area contributed by atoms with Gasteiger partial charge in [0.15, 0.2) is 0 Å². The Morgan fingerprint density at radius 1 is 1.55 bits per heavy atom. The minimum absolute atomic E-state index is 0.0644. The second-order valence-electron chi connectivity index (χ2n) is 5.27. The highest BCUT2D eigenvalue weighted by Gasteiger charge is 2.30. The molecule has 0 aliphatic carbocycles. The van der Waals surface area contributed by atoms with Crippen LogP contribution in [0.3, 0.4) is 0 Å². The molecule has 2 rings (SSSR count). The number of urea groups is 1. The molecular weight excluding hydrogens is 256 g/mol. The fourth-order valence-corrected chi connectivity index (χ4v) is 2.47. The van der Waals surface area contributed by atoms with E-state index < -0.39 is 6.10 Å². The number of anilines is 1. The number of carbonyl (C=O) groups is 1. The van der Waals surface area contributed by atoms with Crippen LogP contribution in [0.2, 0.25) is 0 Å². The van der Waals surface area contributed by atoms with Crippen LogP contribution in [-0.2, 0) is 4.74 Å². The van der Waals surface area contributed by atoms with E-state index in [-0.39, 0.29) is 18.2 Å². The third-order valence-electron chi connectivity index (χ3n) is 3.77. The molecule has 1 heterocycles. The van der Waals surface area contributed by atoms with Gasteiger partial charge >= 0.3 is 6.03 Å². The van der Waals surface area contributed by atoms with Gasteiger partial charge in [-0.05, 0) is 38.0 Å². The van der Waals surface area contributed by atoms with E-state index >= 15 is 0 Å². The molecule has 3 atom stereocenters. The molecule has 1 aliphatic heterocycles. The third-order valence-corrected chi connectivity index (χ3v) is 3.77. The van der Waals surface area contributed by atoms with Crippen molar-refractivity contribution in [1.82, 2.24) is 4.90 Å². The first-order valence-electron chi connectivity index (χ1n) is 6.92. The molecule has 5 nitrogen and oxygen atoms in total. The zero-order valence-corrected chi connectivity index (χ0v) is 12.2. The van der Waals surface area contributed by atoms with Crippen LogP contribution in [0, 0.1) is 0 Å². The molecule has 1 saturated heterocycles. The van der Waals surface area contributed by atoms with Gasteiger partial charge in [0.1, 0.15) is 0 Å². The number of benzene rings is 1. The molecule has 2 amide bonds. The van der Waals surface area contributed by atoms with E-state index in [9.17, 15) is 9.90 Å². The second-order valence-corrected chi connectivity index (χ2v) is 5.27. The average molecular weight is 278 g/mol. The number of aliphatic hydroxyl groups is 1. The van der Waals surface area contributed by atoms with Crippen molar-refractivity contribution < 1.29 is 14.6 Å². The summed E-state index contributed by atoms with van der Waals surface area (Å²) < 4.78 is 5.48. The number of hydrogen-bond donors (Lipinski definition) is 2. The van der Waals surface area contributed by atoms with Gasteiger partial charge in [0.2, 0.25) is 0 Å². The Labute approximate surface area is 119 Å². The Morgan fingerprint density at radius 2 is 2.30 bits per heavy atom. The standard InChI is InChI=1S/C15H22N2O3/c1-10(18)12-5-4-6-13(9-12)16-15(19)17(3)14-7-8-20-11(14)2/h4-6,9-11,14,18H,7-8H2,1-3H3,(H,16,19). The van der Waals surface area contributed by atoms with Crippen LogP contribution >= 0.6 is 0 Å². The molecule has 3 unspecified atom stereocenters. The molecule has 110 valence electrons. The van der Waals surface area contributed by atoms with Crippen LogP contribution in [0.1, 0.15) is 31.9 Å². The smallest absolute Gasteiger partial charge is 0.321 e. The average Bonchev–Trinajstić information content (AvgIpc) is 2.84. The quantitative estimate of drug-likeness (QED) is 0.892. The minimum Gasteiger partial charge on any atom is -0.389 e. The number of likely N-dealkylation sites (N-methyl/N-ethyl adjacent to an activating group) is 1. The Bertz CT molecular complexity index is 476. The monoisotopic (exact) mass is 278 g/mol. The van der Waals surface area contributed by atoms with Crippen LogP contribution in [0.15, 0.2) is 24.3 Å². The SMILES string of the molecule is CC(O)c1cccc(NC(=O)N(C)C2CCOC2C)c1. The molecule has 0 bridgehead atoms. The Hall–Kier alpha value is -1.59. The molecule has 0 radical (unpaired) electrons. The van der Waals surface area contributed by atoms with E-state index in [4.69, 9.17) is 4.74 Å². The molecule has 0 spiro atoms. The Kier molecular flexibility index (Phi) is 4.62. The first kappa shape index (κ1) is 14.8. The lowest BCUT2D eigenvalue weighted by Gasteiger charge is -2.27. The van der Waals surface area contributed by atoms with Crippen LogP contribution in [-0.4, -0.2) is 41.8 Å². The van der Waals surface area contributed by atoms with Crippen molar-refractivity contribution in [3.05, 3.63) is 29.8 Å². The first-order chi connectivity index (χ1) is 9.49. The summed E-state index contributed by atoms with van der Waals surface area (Å²) in [7, 11) is 1.78. The van der Waals surface area contributed by atoms with Crippen LogP contribution in [0.25, 0.3) is 0 Å². The Balaban J connectivity index is 2.02. The van der Waals surface area contributed by atoms with Crippen molar-refractivity contribution in [3.8, 4) is 0 Å². The lowest BCUT2D eigenvalue weighted by molar-refractivity contribution is 0.0929. The van der Waals surface area contributed by atoms with Crippen molar-refractivity contribution in [3.63, 3.8) is 0 Å². The summed E-state index contributed by atoms with van der Waals surface area (Å²) in [6, 6.07) is 7.19. The molecule has 20 heavy (non-hydrogen) atoms. The van der Waals surface area contributed by atoms with Crippen LogP contribution < -0.4 is 5.32 Å². The van der Waals surface area contributed by atoms with Gasteiger partial charge in [0.05, 0.1) is 18.2 Å². The highest BCUT2D eigenvalue weighted by molar-refractivity contribution is 5.89. The van der Waals surface area contributed by atoms with E-state index in [2.05, 4.69) is 5.32 Å². The highest BCUT2D eigenvalue weighted by atomic mass is 16.5. The van der Waals surface area contributed by atoms with Crippen molar-refractivity contribution in [2.24, 2.45) is 0 Å². The fraction of sp³-hybridized carbons (Fsp3) is 0.533. The summed E-state index contributed by atoms with van der Waals surface area (Å²) >= 11 is 0. The number of ether oxygens (including phenoxy) is 1. The molecule has 0 aromatic heterocycles. The maximum atomic E-state index is 12.2. The van der Waals surface area contributed by atoms with Gasteiger partial charge in [-0.2, -0.15) is 0 Å². The van der Waals surface area contributed by atoms with Gasteiger partial charge in [-0.15, -0.1) is 0 Å². The summed E-state index contributed by atoms with van der Waals surface area (Å²) in [5.74, 6) is 0. The third kappa shape index (κ3) is 3.29. The molecule has 0 saturated carbocycles. The predicted octanol–water partition coefficient (Wildman–Crippen LogP) is 2.38. The number of rotatable bonds is 3. The van der Waals surface area contributed by atoms with Crippen molar-refractivity contribution >= 4 is 11.7 Å². The van der Waals surface area contributed by atoms with Gasteiger partial charge < -0.3 is 20.1 Å². The lowest BCUT2D eigenvalue weighted by Crippen LogP contribution is -2.43. The van der Waals surface area contributed by atoms with Gasteiger partial charge in [-0.1, -0.05) is 12.1 Å². The first-order valence-corrected chi connectivity index (χ1v) is 6.92. The molecule has 1 aromatic carbocycles. The van der Waals surface area contributed by atoms with Gasteiger partial charge in [-0.25, -0.2) is 4.79 Å². The van der Waals surface area contributed by atoms with E-state index in [1.165, 1.54) is 0 Å². The summed E-state index contributed by atoms with van der Waals surface area (Å²) in [5.41, 5.74) is 1.47. The van der Waals surface area contributed by atoms with E-state index in [1.807, 2.05) is 25.1 Å². The van der Waals surface area contributed by atoms with Gasteiger partial charge in [0.25, 0.3) is 0 Å². The van der Waals surface area contributed by atoms with Crippen LogP contribution in [0.4, 0.5) is 10.5 Å². The number of nitrogens with one attached hydrogen (secondary N) is 1. The van der Waals surface area contributed by atoms with E-state index in [0.29, 0.717) is 12.3 Å². The zero-order valence-electron chi connectivity index (χ0n) is 12.2. The number of hydrogen-bond acceptors (Lipinski definition) is 3. The van der Waals surface area contributed by atoms with Crippen LogP contribution in [0.5, 0.6) is 0 Å². The van der Waals surface area contributed by atoms with Gasteiger partial charge in [0, 0.05) is 19.3 Å². The van der Waals surface area contributed by atoms with Crippen molar-refractivity contribution in [2.45, 2.75) is 38.5 Å². The lowest BCUT2D eigenvalue weighted by atomic mass is 10.1. The summed E-state index contributed by atoms with van der Waals surface area (Å²) in [5, 5.41) is 12.4. The Morgan fingerprint density at radius 3 is 2.90 bits per heavy atom. The summed E-state index contributed by atoms with van der Waals surface area (Å²) in [6.07, 6.45) is 0.376. The number of aliphatic hydroxyl groups excluding tert-OH is 1. The minimum atomic E-state index is -0.548. The zero-order chi connectivity index (χ0) is 14.7. The van der Waals surface area contributed by atoms with E-state index in [1.54, 1.807) is 24.9 Å².